The summed E-state index contributed by atoms with van der Waals surface area (Å²) in [6.07, 6.45) is 1.84. The van der Waals surface area contributed by atoms with E-state index in [4.69, 9.17) is 4.74 Å². The number of nitro groups is 1. The number of anilines is 2. The molecule has 0 saturated heterocycles. The fourth-order valence-corrected chi connectivity index (χ4v) is 2.94. The molecular weight excluding hydrogens is 348 g/mol. The normalized spacial score (nSPS) is 13.7. The molecule has 0 aromatic heterocycles. The number of ether oxygens (including phenoxy) is 1. The van der Waals surface area contributed by atoms with Crippen LogP contribution in [0, 0.1) is 10.1 Å². The average Bonchev–Trinajstić information content (AvgIpc) is 2.69. The molecule has 2 aromatic carbocycles. The summed E-state index contributed by atoms with van der Waals surface area (Å²) in [6.45, 7) is 2.63. The number of hydrogen-bond donors (Lipinski definition) is 1. The zero-order valence-electron chi connectivity index (χ0n) is 14.9. The second-order valence-electron chi connectivity index (χ2n) is 5.96. The molecule has 0 spiro atoms. The van der Waals surface area contributed by atoms with Crippen LogP contribution < -0.4 is 10.3 Å². The van der Waals surface area contributed by atoms with Crippen LogP contribution in [-0.4, -0.2) is 29.9 Å². The maximum absolute atomic E-state index is 12.5. The van der Waals surface area contributed by atoms with Gasteiger partial charge in [0.05, 0.1) is 17.2 Å². The summed E-state index contributed by atoms with van der Waals surface area (Å²) < 4.78 is 5.17. The summed E-state index contributed by atoms with van der Waals surface area (Å²) in [5.41, 5.74) is 5.40. The molecule has 0 unspecified atom stereocenters. The first-order chi connectivity index (χ1) is 13.1. The highest BCUT2D eigenvalue weighted by atomic mass is 16.6. The third-order valence-corrected chi connectivity index (χ3v) is 4.19. The second-order valence-corrected chi connectivity index (χ2v) is 5.96. The molecule has 27 heavy (non-hydrogen) atoms. The Balaban J connectivity index is 1.89. The number of fused-ring (bicyclic) bond motifs is 1. The maximum Gasteiger partial charge on any atom is 0.376 e. The number of esters is 1. The number of carbonyl (C=O) groups is 1. The third-order valence-electron chi connectivity index (χ3n) is 4.19. The SMILES string of the molecule is CCOC(=O)/C(=N/Nc1ccc([N+](=O)[O-])cc1)N1CCCc2ccccc21. The molecule has 0 radical (unpaired) electrons. The number of nitro benzene ring substituents is 1. The van der Waals surface area contributed by atoms with Crippen molar-refractivity contribution >= 4 is 28.9 Å². The van der Waals surface area contributed by atoms with Crippen molar-refractivity contribution in [3.8, 4) is 0 Å². The minimum Gasteiger partial charge on any atom is -0.460 e. The van der Waals surface area contributed by atoms with E-state index in [1.165, 1.54) is 24.3 Å². The van der Waals surface area contributed by atoms with Crippen molar-refractivity contribution in [1.82, 2.24) is 0 Å². The van der Waals surface area contributed by atoms with Crippen LogP contribution in [0.15, 0.2) is 53.6 Å². The molecule has 0 saturated carbocycles. The summed E-state index contributed by atoms with van der Waals surface area (Å²) in [5, 5.41) is 15.0. The van der Waals surface area contributed by atoms with Gasteiger partial charge in [-0.2, -0.15) is 0 Å². The Hall–Kier alpha value is -3.42. The van der Waals surface area contributed by atoms with Crippen LogP contribution in [0.1, 0.15) is 18.9 Å². The highest BCUT2D eigenvalue weighted by Gasteiger charge is 2.26. The minimum atomic E-state index is -0.524. The van der Waals surface area contributed by atoms with E-state index in [0.29, 0.717) is 12.2 Å². The van der Waals surface area contributed by atoms with Crippen molar-refractivity contribution in [3.05, 3.63) is 64.2 Å². The van der Waals surface area contributed by atoms with Gasteiger partial charge in [0.2, 0.25) is 5.84 Å². The fraction of sp³-hybridized carbons (Fsp3) is 0.263. The zero-order chi connectivity index (χ0) is 19.2. The number of rotatable bonds is 4. The summed E-state index contributed by atoms with van der Waals surface area (Å²) in [5.74, 6) is -0.369. The predicted molar refractivity (Wildman–Crippen MR) is 103 cm³/mol. The second kappa shape index (κ2) is 8.31. The molecule has 0 aliphatic carbocycles. The van der Waals surface area contributed by atoms with Crippen molar-refractivity contribution in [2.75, 3.05) is 23.5 Å². The van der Waals surface area contributed by atoms with Gasteiger partial charge in [0.15, 0.2) is 0 Å². The Labute approximate surface area is 156 Å². The van der Waals surface area contributed by atoms with Crippen LogP contribution in [0.2, 0.25) is 0 Å². The quantitative estimate of drug-likeness (QED) is 0.292. The molecular formula is C19H20N4O4. The van der Waals surface area contributed by atoms with Crippen molar-refractivity contribution in [2.45, 2.75) is 19.8 Å². The highest BCUT2D eigenvalue weighted by Crippen LogP contribution is 2.27. The van der Waals surface area contributed by atoms with Gasteiger partial charge in [0, 0.05) is 24.4 Å². The topological polar surface area (TPSA) is 97.1 Å². The average molecular weight is 368 g/mol. The first-order valence-electron chi connectivity index (χ1n) is 8.71. The lowest BCUT2D eigenvalue weighted by atomic mass is 10.0. The van der Waals surface area contributed by atoms with Gasteiger partial charge in [0.1, 0.15) is 0 Å². The highest BCUT2D eigenvalue weighted by molar-refractivity contribution is 6.41. The van der Waals surface area contributed by atoms with E-state index in [2.05, 4.69) is 10.5 Å². The first-order valence-corrected chi connectivity index (χ1v) is 8.71. The van der Waals surface area contributed by atoms with Crippen molar-refractivity contribution in [2.24, 2.45) is 5.10 Å². The number of nitrogens with zero attached hydrogens (tertiary/aromatic N) is 3. The minimum absolute atomic E-state index is 0.0138. The Morgan fingerprint density at radius 2 is 2.00 bits per heavy atom. The van der Waals surface area contributed by atoms with Crippen LogP contribution in [0.5, 0.6) is 0 Å². The molecule has 0 amide bonds. The van der Waals surface area contributed by atoms with Gasteiger partial charge in [-0.15, -0.1) is 5.10 Å². The van der Waals surface area contributed by atoms with Crippen LogP contribution in [0.25, 0.3) is 0 Å². The number of non-ortho nitro benzene ring substituents is 1. The molecule has 8 nitrogen and oxygen atoms in total. The van der Waals surface area contributed by atoms with Gasteiger partial charge < -0.3 is 9.64 Å². The van der Waals surface area contributed by atoms with Crippen molar-refractivity contribution in [3.63, 3.8) is 0 Å². The van der Waals surface area contributed by atoms with E-state index < -0.39 is 10.9 Å². The number of amidine groups is 1. The summed E-state index contributed by atoms with van der Waals surface area (Å²) in [7, 11) is 0. The van der Waals surface area contributed by atoms with Crippen molar-refractivity contribution in [1.29, 1.82) is 0 Å². The lowest BCUT2D eigenvalue weighted by Crippen LogP contribution is -2.41. The number of benzene rings is 2. The first kappa shape index (κ1) is 18.4. The molecule has 1 heterocycles. The Bertz CT molecular complexity index is 864. The van der Waals surface area contributed by atoms with E-state index in [1.807, 2.05) is 29.2 Å². The van der Waals surface area contributed by atoms with Crippen LogP contribution >= 0.6 is 0 Å². The number of hydrogen-bond acceptors (Lipinski definition) is 6. The molecule has 1 N–H and O–H groups in total. The van der Waals surface area contributed by atoms with Crippen LogP contribution in [-0.2, 0) is 16.0 Å². The summed E-state index contributed by atoms with van der Waals surface area (Å²) in [4.78, 5) is 24.6. The fourth-order valence-electron chi connectivity index (χ4n) is 2.94. The Morgan fingerprint density at radius 1 is 1.26 bits per heavy atom. The molecule has 0 bridgehead atoms. The molecule has 1 aliphatic rings. The van der Waals surface area contributed by atoms with Crippen LogP contribution in [0.3, 0.4) is 0 Å². The van der Waals surface area contributed by atoms with E-state index in [-0.39, 0.29) is 18.1 Å². The van der Waals surface area contributed by atoms with Gasteiger partial charge in [0.25, 0.3) is 5.69 Å². The van der Waals surface area contributed by atoms with Gasteiger partial charge >= 0.3 is 5.97 Å². The summed E-state index contributed by atoms with van der Waals surface area (Å²) >= 11 is 0. The molecule has 3 rings (SSSR count). The number of para-hydroxylation sites is 1. The lowest BCUT2D eigenvalue weighted by molar-refractivity contribution is -0.384. The van der Waals surface area contributed by atoms with E-state index in [1.54, 1.807) is 6.92 Å². The van der Waals surface area contributed by atoms with E-state index >= 15 is 0 Å². The number of aryl methyl sites for hydroxylation is 1. The predicted octanol–water partition coefficient (Wildman–Crippen LogP) is 3.34. The van der Waals surface area contributed by atoms with E-state index in [9.17, 15) is 14.9 Å². The van der Waals surface area contributed by atoms with Gasteiger partial charge in [-0.3, -0.25) is 15.5 Å². The van der Waals surface area contributed by atoms with E-state index in [0.717, 1.165) is 24.1 Å². The molecule has 1 aliphatic heterocycles. The van der Waals surface area contributed by atoms with Gasteiger partial charge in [-0.05, 0) is 43.5 Å². The third kappa shape index (κ3) is 4.22. The standard InChI is InChI=1S/C19H20N4O4/c1-2-27-19(24)18(21-20-15-9-11-16(12-10-15)23(25)26)22-13-5-7-14-6-3-4-8-17(14)22/h3-4,6,8-12,20H,2,5,7,13H2,1H3/b21-18-. The molecule has 0 atom stereocenters. The zero-order valence-corrected chi connectivity index (χ0v) is 14.9. The molecule has 8 heteroatoms. The smallest absolute Gasteiger partial charge is 0.376 e. The van der Waals surface area contributed by atoms with Gasteiger partial charge in [-0.25, -0.2) is 4.79 Å². The number of hydrazone groups is 1. The molecule has 140 valence electrons. The maximum atomic E-state index is 12.5. The largest absolute Gasteiger partial charge is 0.460 e. The number of carbonyl (C=O) groups excluding carboxylic acids is 1. The summed E-state index contributed by atoms with van der Waals surface area (Å²) in [6, 6.07) is 13.7. The molecule has 0 fully saturated rings. The Kier molecular flexibility index (Phi) is 5.65. The Morgan fingerprint density at radius 3 is 2.70 bits per heavy atom. The van der Waals surface area contributed by atoms with Gasteiger partial charge in [-0.1, -0.05) is 18.2 Å². The number of nitrogens with one attached hydrogen (secondary N) is 1. The lowest BCUT2D eigenvalue weighted by Gasteiger charge is -2.30. The van der Waals surface area contributed by atoms with Crippen molar-refractivity contribution < 1.29 is 14.5 Å². The monoisotopic (exact) mass is 368 g/mol. The molecule has 2 aromatic rings. The van der Waals surface area contributed by atoms with Crippen LogP contribution in [0.4, 0.5) is 17.1 Å².